The van der Waals surface area contributed by atoms with Crippen molar-refractivity contribution in [2.24, 2.45) is 0 Å². The highest BCUT2D eigenvalue weighted by Gasteiger charge is 2.16. The normalized spacial score (nSPS) is 10.4. The molecule has 0 saturated carbocycles. The van der Waals surface area contributed by atoms with E-state index in [-0.39, 0.29) is 6.03 Å². The van der Waals surface area contributed by atoms with Gasteiger partial charge >= 0.3 is 6.03 Å². The first-order valence-corrected chi connectivity index (χ1v) is 8.80. The summed E-state index contributed by atoms with van der Waals surface area (Å²) in [5, 5.41) is 2.67. The molecular weight excluding hydrogens is 312 g/mol. The molecule has 134 valence electrons. The van der Waals surface area contributed by atoms with Gasteiger partial charge in [-0.2, -0.15) is 0 Å². The van der Waals surface area contributed by atoms with Crippen LogP contribution < -0.4 is 15.0 Å². The van der Waals surface area contributed by atoms with Gasteiger partial charge in [-0.1, -0.05) is 38.1 Å². The van der Waals surface area contributed by atoms with Gasteiger partial charge in [-0.25, -0.2) is 4.79 Å². The van der Waals surface area contributed by atoms with Crippen molar-refractivity contribution in [1.82, 2.24) is 5.32 Å². The third-order valence-electron chi connectivity index (χ3n) is 4.53. The lowest BCUT2D eigenvalue weighted by atomic mass is 10.0. The Morgan fingerprint density at radius 2 is 1.92 bits per heavy atom. The molecule has 4 nitrogen and oxygen atoms in total. The van der Waals surface area contributed by atoms with Gasteiger partial charge in [0, 0.05) is 19.7 Å². The van der Waals surface area contributed by atoms with Crippen LogP contribution in [0.3, 0.4) is 0 Å². The highest BCUT2D eigenvalue weighted by atomic mass is 16.5. The Balaban J connectivity index is 2.30. The maximum atomic E-state index is 12.0. The maximum absolute atomic E-state index is 12.0. The predicted octanol–water partition coefficient (Wildman–Crippen LogP) is 4.47. The van der Waals surface area contributed by atoms with Gasteiger partial charge in [-0.3, -0.25) is 4.90 Å². The van der Waals surface area contributed by atoms with Gasteiger partial charge in [0.1, 0.15) is 12.4 Å². The van der Waals surface area contributed by atoms with Gasteiger partial charge < -0.3 is 10.1 Å². The average Bonchev–Trinajstić information content (AvgIpc) is 2.65. The maximum Gasteiger partial charge on any atom is 0.321 e. The molecule has 0 aliphatic heterocycles. The molecule has 0 aliphatic carbocycles. The highest BCUT2D eigenvalue weighted by Crippen LogP contribution is 2.27. The van der Waals surface area contributed by atoms with E-state index in [4.69, 9.17) is 4.74 Å². The second-order valence-electron chi connectivity index (χ2n) is 6.12. The van der Waals surface area contributed by atoms with E-state index in [1.807, 2.05) is 18.2 Å². The molecule has 0 spiro atoms. The molecule has 4 heteroatoms. The number of carbonyl (C=O) groups is 1. The van der Waals surface area contributed by atoms with Crippen molar-refractivity contribution >= 4 is 11.7 Å². The molecule has 0 radical (unpaired) electrons. The highest BCUT2D eigenvalue weighted by molar-refractivity contribution is 5.92. The number of anilines is 1. The fourth-order valence-corrected chi connectivity index (χ4v) is 2.95. The van der Waals surface area contributed by atoms with Crippen LogP contribution in [0.25, 0.3) is 0 Å². The van der Waals surface area contributed by atoms with Crippen molar-refractivity contribution < 1.29 is 9.53 Å². The van der Waals surface area contributed by atoms with Crippen molar-refractivity contribution in [1.29, 1.82) is 0 Å². The monoisotopic (exact) mass is 340 g/mol. The van der Waals surface area contributed by atoms with Crippen LogP contribution in [0.4, 0.5) is 10.5 Å². The number of rotatable bonds is 6. The van der Waals surface area contributed by atoms with Crippen molar-refractivity contribution in [3.05, 3.63) is 58.7 Å². The third-order valence-corrected chi connectivity index (χ3v) is 4.53. The molecule has 2 aromatic rings. The quantitative estimate of drug-likeness (QED) is 0.843. The molecule has 25 heavy (non-hydrogen) atoms. The van der Waals surface area contributed by atoms with Crippen molar-refractivity contribution in [3.8, 4) is 5.75 Å². The Labute approximate surface area is 150 Å². The molecular formula is C21H28N2O2. The number of hydrogen-bond donors (Lipinski definition) is 1. The summed E-state index contributed by atoms with van der Waals surface area (Å²) in [6.07, 6.45) is 1.91. The topological polar surface area (TPSA) is 41.6 Å². The Hall–Kier alpha value is -2.49. The fraction of sp³-hybridized carbons (Fsp3) is 0.381. The minimum absolute atomic E-state index is 0.141. The molecule has 0 aliphatic rings. The van der Waals surface area contributed by atoms with Crippen molar-refractivity contribution in [2.45, 2.75) is 40.2 Å². The van der Waals surface area contributed by atoms with Crippen LogP contribution in [-0.2, 0) is 19.4 Å². The van der Waals surface area contributed by atoms with E-state index in [1.165, 1.54) is 11.1 Å². The molecule has 0 saturated heterocycles. The minimum Gasteiger partial charge on any atom is -0.489 e. The van der Waals surface area contributed by atoms with Crippen LogP contribution in [0.2, 0.25) is 0 Å². The minimum atomic E-state index is -0.141. The first-order chi connectivity index (χ1) is 12.0. The number of hydrogen-bond acceptors (Lipinski definition) is 2. The van der Waals surface area contributed by atoms with Gasteiger partial charge in [0.15, 0.2) is 0 Å². The van der Waals surface area contributed by atoms with Gasteiger partial charge in [0.2, 0.25) is 0 Å². The first kappa shape index (κ1) is 18.8. The summed E-state index contributed by atoms with van der Waals surface area (Å²) in [5.41, 5.74) is 5.56. The smallest absolute Gasteiger partial charge is 0.321 e. The van der Waals surface area contributed by atoms with E-state index in [0.29, 0.717) is 6.61 Å². The number of nitrogens with zero attached hydrogens (tertiary/aromatic N) is 1. The van der Waals surface area contributed by atoms with E-state index >= 15 is 0 Å². The van der Waals surface area contributed by atoms with E-state index in [0.717, 1.165) is 35.4 Å². The molecule has 2 amide bonds. The summed E-state index contributed by atoms with van der Waals surface area (Å²) in [6, 6.07) is 12.2. The zero-order valence-corrected chi connectivity index (χ0v) is 15.8. The molecule has 2 rings (SSSR count). The molecule has 2 aromatic carbocycles. The summed E-state index contributed by atoms with van der Waals surface area (Å²) < 4.78 is 6.11. The summed E-state index contributed by atoms with van der Waals surface area (Å²) in [6.45, 7) is 6.77. The lowest BCUT2D eigenvalue weighted by Crippen LogP contribution is -2.35. The lowest BCUT2D eigenvalue weighted by Gasteiger charge is -2.23. The second kappa shape index (κ2) is 8.56. The third kappa shape index (κ3) is 4.32. The summed E-state index contributed by atoms with van der Waals surface area (Å²) in [5.74, 6) is 0.886. The van der Waals surface area contributed by atoms with Crippen LogP contribution in [0.15, 0.2) is 36.4 Å². The Bertz CT molecular complexity index is 741. The zero-order valence-electron chi connectivity index (χ0n) is 15.8. The summed E-state index contributed by atoms with van der Waals surface area (Å²) in [4.78, 5) is 13.7. The number of nitrogens with one attached hydrogen (secondary N) is 1. The van der Waals surface area contributed by atoms with Crippen LogP contribution in [-0.4, -0.2) is 20.1 Å². The molecule has 0 fully saturated rings. The van der Waals surface area contributed by atoms with E-state index in [1.54, 1.807) is 19.0 Å². The largest absolute Gasteiger partial charge is 0.489 e. The molecule has 0 heterocycles. The van der Waals surface area contributed by atoms with Gasteiger partial charge in [0.25, 0.3) is 0 Å². The Morgan fingerprint density at radius 3 is 2.52 bits per heavy atom. The number of aryl methyl sites for hydroxylation is 3. The number of amides is 2. The zero-order chi connectivity index (χ0) is 18.4. The number of ether oxygens (including phenoxy) is 1. The Kier molecular flexibility index (Phi) is 6.45. The predicted molar refractivity (Wildman–Crippen MR) is 104 cm³/mol. The van der Waals surface area contributed by atoms with Crippen molar-refractivity contribution in [3.63, 3.8) is 0 Å². The SMILES string of the molecule is CCc1ccc(OCc2c(CC)cccc2N(C)C(=O)NC)c(C)c1. The lowest BCUT2D eigenvalue weighted by molar-refractivity contribution is 0.249. The first-order valence-electron chi connectivity index (χ1n) is 8.80. The van der Waals surface area contributed by atoms with E-state index in [9.17, 15) is 4.79 Å². The Morgan fingerprint density at radius 1 is 1.16 bits per heavy atom. The van der Waals surface area contributed by atoms with Gasteiger partial charge in [0.05, 0.1) is 5.69 Å². The molecule has 0 aromatic heterocycles. The number of carbonyl (C=O) groups excluding carboxylic acids is 1. The number of benzene rings is 2. The molecule has 1 N–H and O–H groups in total. The molecule has 0 bridgehead atoms. The van der Waals surface area contributed by atoms with Crippen LogP contribution >= 0.6 is 0 Å². The standard InChI is InChI=1S/C21H28N2O2/c1-6-16-11-12-20(15(3)13-16)25-14-18-17(7-2)9-8-10-19(18)23(5)21(24)22-4/h8-13H,6-7,14H2,1-5H3,(H,22,24). The van der Waals surface area contributed by atoms with Gasteiger partial charge in [-0.05, 0) is 48.6 Å². The van der Waals surface area contributed by atoms with Gasteiger partial charge in [-0.15, -0.1) is 0 Å². The molecule has 0 atom stereocenters. The summed E-state index contributed by atoms with van der Waals surface area (Å²) >= 11 is 0. The van der Waals surface area contributed by atoms with E-state index < -0.39 is 0 Å². The fourth-order valence-electron chi connectivity index (χ4n) is 2.95. The average molecular weight is 340 g/mol. The van der Waals surface area contributed by atoms with Crippen LogP contribution in [0.5, 0.6) is 5.75 Å². The van der Waals surface area contributed by atoms with Crippen LogP contribution in [0, 0.1) is 6.92 Å². The van der Waals surface area contributed by atoms with E-state index in [2.05, 4.69) is 44.3 Å². The number of urea groups is 1. The van der Waals surface area contributed by atoms with Crippen LogP contribution in [0.1, 0.15) is 36.1 Å². The van der Waals surface area contributed by atoms with Crippen molar-refractivity contribution in [2.75, 3.05) is 19.0 Å². The second-order valence-corrected chi connectivity index (χ2v) is 6.12. The molecule has 0 unspecified atom stereocenters. The summed E-state index contributed by atoms with van der Waals surface area (Å²) in [7, 11) is 3.41.